The van der Waals surface area contributed by atoms with Crippen LogP contribution in [0.2, 0.25) is 0 Å². The van der Waals surface area contributed by atoms with Gasteiger partial charge in [-0.05, 0) is 31.0 Å². The highest BCUT2D eigenvalue weighted by Crippen LogP contribution is 2.32. The monoisotopic (exact) mass is 517 g/mol. The lowest BCUT2D eigenvalue weighted by Gasteiger charge is -2.13. The van der Waals surface area contributed by atoms with Gasteiger partial charge in [-0.15, -0.1) is 11.8 Å². The molecule has 3 rings (SSSR count). The minimum Gasteiger partial charge on any atom is -0.494 e. The van der Waals surface area contributed by atoms with E-state index in [1.807, 2.05) is 31.2 Å². The molecule has 0 aliphatic carbocycles. The van der Waals surface area contributed by atoms with Gasteiger partial charge in [0.25, 0.3) is 0 Å². The third-order valence-electron chi connectivity index (χ3n) is 5.14. The molecule has 8 nitrogen and oxygen atoms in total. The van der Waals surface area contributed by atoms with Crippen LogP contribution in [0.4, 0.5) is 5.13 Å². The Balaban J connectivity index is 1.46. The molecule has 1 amide bonds. The molecule has 1 aromatic carbocycles. The van der Waals surface area contributed by atoms with Crippen molar-refractivity contribution in [2.45, 2.75) is 61.8 Å². The Morgan fingerprint density at radius 2 is 1.91 bits per heavy atom. The largest absolute Gasteiger partial charge is 0.494 e. The highest BCUT2D eigenvalue weighted by Gasteiger charge is 2.20. The summed E-state index contributed by atoms with van der Waals surface area (Å²) in [5.41, 5.74) is 0.794. The van der Waals surface area contributed by atoms with Gasteiger partial charge in [0.05, 0.1) is 42.0 Å². The maximum Gasteiger partial charge on any atom is 0.305 e. The summed E-state index contributed by atoms with van der Waals surface area (Å²) < 4.78 is 17.0. The van der Waals surface area contributed by atoms with Gasteiger partial charge in [-0.3, -0.25) is 9.59 Å². The highest BCUT2D eigenvalue weighted by atomic mass is 32.2. The number of carbonyl (C=O) groups excluding carboxylic acids is 2. The van der Waals surface area contributed by atoms with Gasteiger partial charge in [0, 0.05) is 11.8 Å². The molecule has 188 valence electrons. The summed E-state index contributed by atoms with van der Waals surface area (Å²) >= 11 is 2.99. The lowest BCUT2D eigenvalue weighted by Crippen LogP contribution is -2.18. The van der Waals surface area contributed by atoms with Crippen molar-refractivity contribution >= 4 is 40.1 Å². The third-order valence-corrected chi connectivity index (χ3v) is 7.23. The molecule has 0 saturated heterocycles. The Morgan fingerprint density at radius 1 is 1.17 bits per heavy atom. The molecule has 1 atom stereocenters. The third kappa shape index (κ3) is 8.10. The van der Waals surface area contributed by atoms with Gasteiger partial charge >= 0.3 is 5.97 Å². The van der Waals surface area contributed by atoms with Gasteiger partial charge in [0.2, 0.25) is 11.8 Å². The molecular weight excluding hydrogens is 486 g/mol. The van der Waals surface area contributed by atoms with E-state index in [-0.39, 0.29) is 23.2 Å². The van der Waals surface area contributed by atoms with Crippen LogP contribution in [0.1, 0.15) is 63.7 Å². The zero-order chi connectivity index (χ0) is 25.4. The van der Waals surface area contributed by atoms with E-state index in [9.17, 15) is 9.59 Å². The number of aromatic nitrogens is 2. The summed E-state index contributed by atoms with van der Waals surface area (Å²) in [5, 5.41) is 3.45. The normalized spacial score (nSPS) is 12.3. The molecule has 0 spiro atoms. The second kappa shape index (κ2) is 12.2. The molecule has 0 bridgehead atoms. The molecule has 0 aliphatic rings. The summed E-state index contributed by atoms with van der Waals surface area (Å²) in [4.78, 5) is 32.5. The van der Waals surface area contributed by atoms with Crippen LogP contribution in [-0.2, 0) is 25.5 Å². The minimum atomic E-state index is -0.355. The molecular formula is C25H31N3O5S2. The SMILES string of the molecule is COC(=O)CCCOc1ccc(C(C)C(=O)Nc2ncc(SCc3ncc(C(C)(C)C)o3)s2)cc1. The highest BCUT2D eigenvalue weighted by molar-refractivity contribution is 8.00. The number of amides is 1. The first kappa shape index (κ1) is 26.7. The van der Waals surface area contributed by atoms with Crippen molar-refractivity contribution < 1.29 is 23.5 Å². The Morgan fingerprint density at radius 3 is 2.57 bits per heavy atom. The molecule has 35 heavy (non-hydrogen) atoms. The van der Waals surface area contributed by atoms with Crippen molar-refractivity contribution in [3.05, 3.63) is 53.9 Å². The van der Waals surface area contributed by atoms with Gasteiger partial charge in [-0.25, -0.2) is 9.97 Å². The predicted octanol–water partition coefficient (Wildman–Crippen LogP) is 5.80. The number of nitrogens with zero attached hydrogens (tertiary/aromatic N) is 2. The number of benzene rings is 1. The van der Waals surface area contributed by atoms with Crippen LogP contribution in [0.25, 0.3) is 0 Å². The van der Waals surface area contributed by atoms with Crippen molar-refractivity contribution in [3.8, 4) is 5.75 Å². The number of thiazole rings is 1. The van der Waals surface area contributed by atoms with E-state index in [0.717, 1.165) is 15.5 Å². The van der Waals surface area contributed by atoms with Crippen LogP contribution in [-0.4, -0.2) is 35.6 Å². The van der Waals surface area contributed by atoms with Gasteiger partial charge in [0.15, 0.2) is 5.13 Å². The topological polar surface area (TPSA) is 104 Å². The number of carbonyl (C=O) groups is 2. The Kier molecular flexibility index (Phi) is 9.33. The summed E-state index contributed by atoms with van der Waals surface area (Å²) in [7, 11) is 1.37. The number of hydrogen-bond acceptors (Lipinski definition) is 9. The predicted molar refractivity (Wildman–Crippen MR) is 137 cm³/mol. The van der Waals surface area contributed by atoms with Crippen LogP contribution in [0.3, 0.4) is 0 Å². The molecule has 2 heterocycles. The van der Waals surface area contributed by atoms with Crippen LogP contribution < -0.4 is 10.1 Å². The maximum atomic E-state index is 12.7. The fourth-order valence-electron chi connectivity index (χ4n) is 2.97. The fraction of sp³-hybridized carbons (Fsp3) is 0.440. The standard InChI is InChI=1S/C25H31N3O5S2/c1-16(17-8-10-18(11-9-17)32-12-6-7-21(29)31-5)23(30)28-24-27-14-22(35-24)34-15-20-26-13-19(33-20)25(2,3)4/h8-11,13-14,16H,6-7,12,15H2,1-5H3,(H,27,28,30). The average molecular weight is 518 g/mol. The minimum absolute atomic E-state index is 0.0758. The van der Waals surface area contributed by atoms with E-state index >= 15 is 0 Å². The fourth-order valence-corrected chi connectivity index (χ4v) is 4.70. The maximum absolute atomic E-state index is 12.7. The van der Waals surface area contributed by atoms with E-state index in [4.69, 9.17) is 9.15 Å². The molecule has 0 aliphatic heterocycles. The molecule has 0 fully saturated rings. The average Bonchev–Trinajstić information content (AvgIpc) is 3.49. The molecule has 0 saturated carbocycles. The second-order valence-electron chi connectivity index (χ2n) is 8.95. The summed E-state index contributed by atoms with van der Waals surface area (Å²) in [6.45, 7) is 8.52. The van der Waals surface area contributed by atoms with E-state index in [0.29, 0.717) is 42.0 Å². The number of hydrogen-bond donors (Lipinski definition) is 1. The van der Waals surface area contributed by atoms with Crippen LogP contribution >= 0.6 is 23.1 Å². The van der Waals surface area contributed by atoms with E-state index in [1.165, 1.54) is 18.4 Å². The molecule has 2 aromatic heterocycles. The zero-order valence-electron chi connectivity index (χ0n) is 20.6. The number of anilines is 1. The molecule has 3 aromatic rings. The molecule has 0 radical (unpaired) electrons. The van der Waals surface area contributed by atoms with Crippen molar-refractivity contribution in [2.75, 3.05) is 19.0 Å². The number of thioether (sulfide) groups is 1. The quantitative estimate of drug-likeness (QED) is 0.193. The lowest BCUT2D eigenvalue weighted by molar-refractivity contribution is -0.140. The Hall–Kier alpha value is -2.85. The van der Waals surface area contributed by atoms with Crippen LogP contribution in [0.5, 0.6) is 5.75 Å². The van der Waals surface area contributed by atoms with E-state index in [2.05, 4.69) is 40.8 Å². The van der Waals surface area contributed by atoms with Gasteiger partial charge in [0.1, 0.15) is 11.5 Å². The van der Waals surface area contributed by atoms with E-state index < -0.39 is 0 Å². The summed E-state index contributed by atoms with van der Waals surface area (Å²) in [6, 6.07) is 7.38. The van der Waals surface area contributed by atoms with Crippen molar-refractivity contribution in [1.82, 2.24) is 9.97 Å². The number of nitrogens with one attached hydrogen (secondary N) is 1. The van der Waals surface area contributed by atoms with Gasteiger partial charge in [-0.1, -0.05) is 44.2 Å². The summed E-state index contributed by atoms with van der Waals surface area (Å²) in [6.07, 6.45) is 4.42. The van der Waals surface area contributed by atoms with Crippen molar-refractivity contribution in [2.24, 2.45) is 0 Å². The second-order valence-corrected chi connectivity index (χ2v) is 11.3. The zero-order valence-corrected chi connectivity index (χ0v) is 22.3. The first-order valence-corrected chi connectivity index (χ1v) is 13.1. The summed E-state index contributed by atoms with van der Waals surface area (Å²) in [5.74, 6) is 2.07. The number of esters is 1. The molecule has 1 unspecified atom stereocenters. The number of ether oxygens (including phenoxy) is 2. The lowest BCUT2D eigenvalue weighted by atomic mass is 9.94. The number of oxazole rings is 1. The number of methoxy groups -OCH3 is 1. The van der Waals surface area contributed by atoms with Crippen molar-refractivity contribution in [1.29, 1.82) is 0 Å². The smallest absolute Gasteiger partial charge is 0.305 e. The Labute approximate surface area is 213 Å². The van der Waals surface area contributed by atoms with Crippen LogP contribution in [0, 0.1) is 0 Å². The number of rotatable bonds is 11. The first-order valence-electron chi connectivity index (χ1n) is 11.3. The van der Waals surface area contributed by atoms with E-state index in [1.54, 1.807) is 24.2 Å². The molecule has 1 N–H and O–H groups in total. The Bertz CT molecular complexity index is 1120. The van der Waals surface area contributed by atoms with Crippen LogP contribution in [0.15, 0.2) is 45.3 Å². The first-order chi connectivity index (χ1) is 16.7. The van der Waals surface area contributed by atoms with Crippen molar-refractivity contribution in [3.63, 3.8) is 0 Å². The van der Waals surface area contributed by atoms with Gasteiger partial charge in [-0.2, -0.15) is 0 Å². The van der Waals surface area contributed by atoms with Gasteiger partial charge < -0.3 is 19.2 Å². The molecule has 10 heteroatoms.